The van der Waals surface area contributed by atoms with E-state index in [1.807, 2.05) is 44.2 Å². The van der Waals surface area contributed by atoms with Crippen LogP contribution in [-0.2, 0) is 72.0 Å². The van der Waals surface area contributed by atoms with E-state index in [-0.39, 0.29) is 57.5 Å². The monoisotopic (exact) mass is 1150 g/mol. The molecule has 2 fully saturated rings. The Balaban J connectivity index is 1.32. The number of carbonyl (C=O) groups is 11. The van der Waals surface area contributed by atoms with E-state index in [2.05, 4.69) is 37.2 Å². The van der Waals surface area contributed by atoms with E-state index in [0.29, 0.717) is 24.0 Å². The van der Waals surface area contributed by atoms with E-state index in [0.717, 1.165) is 5.56 Å². The molecule has 5 rings (SSSR count). The van der Waals surface area contributed by atoms with Crippen LogP contribution < -0.4 is 43.0 Å². The predicted octanol–water partition coefficient (Wildman–Crippen LogP) is -1.34. The summed E-state index contributed by atoms with van der Waals surface area (Å²) in [5, 5.41) is 57.5. The van der Waals surface area contributed by atoms with Crippen LogP contribution in [0, 0.1) is 11.8 Å². The first-order chi connectivity index (χ1) is 39.5. The Bertz CT molecular complexity index is 2740. The maximum Gasteiger partial charge on any atom is 0.326 e. The van der Waals surface area contributed by atoms with Crippen molar-refractivity contribution in [3.63, 3.8) is 0 Å². The van der Waals surface area contributed by atoms with Crippen molar-refractivity contribution in [1.29, 1.82) is 0 Å². The number of carboxylic acid groups (broad SMARTS) is 2. The van der Waals surface area contributed by atoms with E-state index in [9.17, 15) is 73.2 Å². The van der Waals surface area contributed by atoms with Gasteiger partial charge in [-0.2, -0.15) is 0 Å². The first kappa shape index (κ1) is 65.5. The minimum atomic E-state index is -1.92. The summed E-state index contributed by atoms with van der Waals surface area (Å²) in [6.07, 6.45) is -0.0496. The molecule has 0 spiro atoms. The number of aliphatic hydroxyl groups is 2. The fourth-order valence-corrected chi connectivity index (χ4v) is 9.94. The van der Waals surface area contributed by atoms with Gasteiger partial charge in [0.15, 0.2) is 0 Å². The SMILES string of the molecule is CC(C)C[C@H](NC(=O)[C@@H](N)Cc1ccccc1)C(=O)N1CCC[C@H]1C(=O)N[C@@H](CO)C(=O)N[C@@H](CC(=O)O)C(=O)N[C@@H](Cc1ccccc1)C(=O)N[C@@H](Cc1ccccc1)C(=O)N1CCC[C@H]1C(=O)N[C@@H](CO)C(=O)N[C@H](C(=O)O)C(C)C. The number of hydrogen-bond donors (Lipinski definition) is 12. The van der Waals surface area contributed by atoms with Crippen molar-refractivity contribution < 1.29 is 73.2 Å². The van der Waals surface area contributed by atoms with Crippen LogP contribution in [0.15, 0.2) is 91.0 Å². The fraction of sp³-hybridized carbons (Fsp3) is 0.500. The van der Waals surface area contributed by atoms with E-state index >= 15 is 0 Å². The first-order valence-electron chi connectivity index (χ1n) is 27.8. The topological polar surface area (TPSA) is 385 Å². The Morgan fingerprint density at radius 3 is 1.31 bits per heavy atom. The molecule has 3 aromatic carbocycles. The molecule has 450 valence electrons. The second kappa shape index (κ2) is 31.8. The quantitative estimate of drug-likeness (QED) is 0.0368. The van der Waals surface area contributed by atoms with Gasteiger partial charge in [-0.1, -0.05) is 119 Å². The lowest BCUT2D eigenvalue weighted by molar-refractivity contribution is -0.144. The number of benzene rings is 3. The molecule has 2 saturated heterocycles. The largest absolute Gasteiger partial charge is 0.481 e. The Kier molecular flexibility index (Phi) is 25.1. The van der Waals surface area contributed by atoms with Gasteiger partial charge in [0.1, 0.15) is 54.4 Å². The van der Waals surface area contributed by atoms with E-state index in [1.165, 1.54) is 9.80 Å². The van der Waals surface area contributed by atoms with Crippen molar-refractivity contribution in [3.05, 3.63) is 108 Å². The van der Waals surface area contributed by atoms with Crippen LogP contribution in [0.3, 0.4) is 0 Å². The van der Waals surface area contributed by atoms with Crippen LogP contribution in [-0.4, -0.2) is 182 Å². The molecule has 2 heterocycles. The normalized spacial score (nSPS) is 17.8. The summed E-state index contributed by atoms with van der Waals surface area (Å²) in [6, 6.07) is 11.9. The highest BCUT2D eigenvalue weighted by atomic mass is 16.4. The number of aliphatic hydroxyl groups excluding tert-OH is 2. The average Bonchev–Trinajstić information content (AvgIpc) is 4.31. The van der Waals surface area contributed by atoms with Crippen molar-refractivity contribution in [3.8, 4) is 0 Å². The highest BCUT2D eigenvalue weighted by Gasteiger charge is 2.42. The Morgan fingerprint density at radius 1 is 0.494 bits per heavy atom. The van der Waals surface area contributed by atoms with Crippen LogP contribution in [0.5, 0.6) is 0 Å². The highest BCUT2D eigenvalue weighted by molar-refractivity contribution is 5.99. The van der Waals surface area contributed by atoms with Crippen molar-refractivity contribution in [2.24, 2.45) is 17.6 Å². The van der Waals surface area contributed by atoms with Crippen molar-refractivity contribution >= 4 is 65.1 Å². The zero-order valence-corrected chi connectivity index (χ0v) is 47.0. The van der Waals surface area contributed by atoms with Gasteiger partial charge in [0.25, 0.3) is 0 Å². The van der Waals surface area contributed by atoms with Crippen LogP contribution in [0.4, 0.5) is 0 Å². The highest BCUT2D eigenvalue weighted by Crippen LogP contribution is 2.23. The third-order valence-electron chi connectivity index (χ3n) is 14.3. The van der Waals surface area contributed by atoms with Gasteiger partial charge < -0.3 is 73.2 Å². The standard InChI is InChI=1S/C58H78N10O15/c1-33(2)26-41(62-49(73)38(59)27-35-16-8-5-9-17-35)56(80)67-24-14-22-45(67)54(78)64-43(31-69)52(76)61-40(30-47(71)72)51(75)60-39(28-36-18-10-6-11-19-36)50(74)63-42(29-37-20-12-7-13-21-37)57(81)68-25-15-23-46(68)55(79)65-44(32-70)53(77)66-48(34(3)4)58(82)83/h5-13,16-21,33-34,38-46,48,69-70H,14-15,22-32,59H2,1-4H3,(H,60,75)(H,61,76)(H,62,73)(H,63,74)(H,64,78)(H,65,79)(H,66,77)(H,71,72)(H,82,83)/t38-,39-,40-,41-,42-,43-,44-,45-,46-,48-/m0/s1. The molecule has 25 heteroatoms. The lowest BCUT2D eigenvalue weighted by Crippen LogP contribution is -2.61. The second-order valence-corrected chi connectivity index (χ2v) is 21.6. The number of aliphatic carboxylic acids is 2. The summed E-state index contributed by atoms with van der Waals surface area (Å²) < 4.78 is 0. The molecule has 2 aliphatic heterocycles. The Labute approximate surface area is 481 Å². The Morgan fingerprint density at radius 2 is 0.880 bits per heavy atom. The lowest BCUT2D eigenvalue weighted by atomic mass is 10.0. The van der Waals surface area contributed by atoms with Gasteiger partial charge in [-0.05, 0) is 67.1 Å². The van der Waals surface area contributed by atoms with Crippen molar-refractivity contribution in [2.45, 2.75) is 146 Å². The predicted molar refractivity (Wildman–Crippen MR) is 300 cm³/mol. The van der Waals surface area contributed by atoms with E-state index in [4.69, 9.17) is 5.73 Å². The minimum absolute atomic E-state index is 0.0273. The number of likely N-dealkylation sites (tertiary alicyclic amines) is 2. The number of carbonyl (C=O) groups excluding carboxylic acids is 9. The molecule has 0 aliphatic carbocycles. The van der Waals surface area contributed by atoms with E-state index < -0.39 is 151 Å². The summed E-state index contributed by atoms with van der Waals surface area (Å²) in [4.78, 5) is 152. The molecule has 25 nitrogen and oxygen atoms in total. The van der Waals surface area contributed by atoms with Crippen molar-refractivity contribution in [1.82, 2.24) is 47.0 Å². The summed E-state index contributed by atoms with van der Waals surface area (Å²) in [6.45, 7) is 5.03. The number of nitrogens with one attached hydrogen (secondary N) is 7. The average molecular weight is 1160 g/mol. The van der Waals surface area contributed by atoms with Crippen LogP contribution >= 0.6 is 0 Å². The molecule has 10 atom stereocenters. The van der Waals surface area contributed by atoms with Crippen LogP contribution in [0.1, 0.15) is 82.9 Å². The molecule has 0 saturated carbocycles. The summed E-state index contributed by atoms with van der Waals surface area (Å²) in [5.41, 5.74) is 8.13. The smallest absolute Gasteiger partial charge is 0.326 e. The zero-order valence-electron chi connectivity index (χ0n) is 47.0. The molecule has 9 amide bonds. The Hall–Kier alpha value is -8.29. The summed E-state index contributed by atoms with van der Waals surface area (Å²) >= 11 is 0. The third kappa shape index (κ3) is 19.4. The molecule has 3 aromatic rings. The summed E-state index contributed by atoms with van der Waals surface area (Å²) in [7, 11) is 0. The van der Waals surface area contributed by atoms with Crippen LogP contribution in [0.25, 0.3) is 0 Å². The molecular weight excluding hydrogens is 1080 g/mol. The number of rotatable bonds is 30. The van der Waals surface area contributed by atoms with Gasteiger partial charge in [0.2, 0.25) is 53.2 Å². The lowest BCUT2D eigenvalue weighted by Gasteiger charge is -2.31. The van der Waals surface area contributed by atoms with Gasteiger partial charge in [-0.3, -0.25) is 47.9 Å². The van der Waals surface area contributed by atoms with Gasteiger partial charge in [-0.15, -0.1) is 0 Å². The number of hydrogen-bond acceptors (Lipinski definition) is 14. The third-order valence-corrected chi connectivity index (χ3v) is 14.3. The number of nitrogens with zero attached hydrogens (tertiary/aromatic N) is 2. The number of nitrogens with two attached hydrogens (primary N) is 1. The van der Waals surface area contributed by atoms with Gasteiger partial charge in [0, 0.05) is 25.9 Å². The van der Waals surface area contributed by atoms with Crippen molar-refractivity contribution in [2.75, 3.05) is 26.3 Å². The summed E-state index contributed by atoms with van der Waals surface area (Å²) in [5.74, 6) is -11.4. The molecule has 83 heavy (non-hydrogen) atoms. The minimum Gasteiger partial charge on any atom is -0.481 e. The number of amides is 9. The van der Waals surface area contributed by atoms with E-state index in [1.54, 1.807) is 74.5 Å². The second-order valence-electron chi connectivity index (χ2n) is 21.6. The maximum absolute atomic E-state index is 14.7. The zero-order chi connectivity index (χ0) is 60.9. The van der Waals surface area contributed by atoms with Crippen LogP contribution in [0.2, 0.25) is 0 Å². The molecule has 0 aromatic heterocycles. The maximum atomic E-state index is 14.7. The van der Waals surface area contributed by atoms with Gasteiger partial charge >= 0.3 is 11.9 Å². The molecule has 13 N–H and O–H groups in total. The first-order valence-corrected chi connectivity index (χ1v) is 27.8. The molecule has 0 radical (unpaired) electrons. The van der Waals surface area contributed by atoms with Gasteiger partial charge in [-0.25, -0.2) is 4.79 Å². The van der Waals surface area contributed by atoms with Gasteiger partial charge in [0.05, 0.1) is 25.7 Å². The molecular formula is C58H78N10O15. The molecule has 2 aliphatic rings. The molecule has 0 unspecified atom stereocenters. The molecule has 0 bridgehead atoms. The number of carboxylic acids is 2. The fourth-order valence-electron chi connectivity index (χ4n) is 9.94.